The smallest absolute Gasteiger partial charge is 0.246 e. The number of carbonyl (C=O) groups excluding carboxylic acids is 1. The number of sulfonamides is 1. The summed E-state index contributed by atoms with van der Waals surface area (Å²) in [5, 5.41) is 2.82. The van der Waals surface area contributed by atoms with Gasteiger partial charge in [-0.05, 0) is 38.0 Å². The maximum absolute atomic E-state index is 13.6. The molecule has 2 atom stereocenters. The van der Waals surface area contributed by atoms with Crippen LogP contribution in [0.25, 0.3) is 0 Å². The molecule has 1 aliphatic rings. The fourth-order valence-corrected chi connectivity index (χ4v) is 4.71. The van der Waals surface area contributed by atoms with E-state index in [1.54, 1.807) is 7.11 Å². The van der Waals surface area contributed by atoms with E-state index in [9.17, 15) is 17.6 Å². The highest BCUT2D eigenvalue weighted by molar-refractivity contribution is 7.89. The number of nitrogens with zero attached hydrogens (tertiary/aromatic N) is 1. The number of benzene rings is 1. The van der Waals surface area contributed by atoms with Gasteiger partial charge in [0.1, 0.15) is 16.5 Å². The lowest BCUT2D eigenvalue weighted by Crippen LogP contribution is -2.47. The molecule has 1 aliphatic heterocycles. The first-order valence-electron chi connectivity index (χ1n) is 8.42. The summed E-state index contributed by atoms with van der Waals surface area (Å²) in [6.07, 6.45) is 1.14. The minimum Gasteiger partial charge on any atom is -0.495 e. The van der Waals surface area contributed by atoms with Crippen molar-refractivity contribution in [2.45, 2.75) is 30.7 Å². The first kappa shape index (κ1) is 20.6. The highest BCUT2D eigenvalue weighted by atomic mass is 32.2. The fourth-order valence-electron chi connectivity index (χ4n) is 3.02. The van der Waals surface area contributed by atoms with Gasteiger partial charge in [-0.25, -0.2) is 12.8 Å². The third-order valence-corrected chi connectivity index (χ3v) is 6.19. The quantitative estimate of drug-likeness (QED) is 0.763. The van der Waals surface area contributed by atoms with Gasteiger partial charge in [-0.1, -0.05) is 0 Å². The Balaban J connectivity index is 2.18. The van der Waals surface area contributed by atoms with Crippen molar-refractivity contribution in [3.63, 3.8) is 0 Å². The molecule has 0 spiro atoms. The molecular formula is C17H25FN2O5S. The number of amides is 1. The molecule has 1 fully saturated rings. The molecule has 146 valence electrons. The zero-order chi connectivity index (χ0) is 19.3. The van der Waals surface area contributed by atoms with Crippen molar-refractivity contribution in [1.82, 2.24) is 9.62 Å². The molecule has 0 aliphatic carbocycles. The average molecular weight is 388 g/mol. The second kappa shape index (κ2) is 8.79. The molecule has 1 amide bonds. The van der Waals surface area contributed by atoms with Crippen LogP contribution in [-0.4, -0.2) is 58.6 Å². The Labute approximate surface area is 153 Å². The maximum Gasteiger partial charge on any atom is 0.246 e. The third kappa shape index (κ3) is 4.72. The second-order valence-electron chi connectivity index (χ2n) is 6.36. The third-order valence-electron chi connectivity index (χ3n) is 4.30. The van der Waals surface area contributed by atoms with Crippen LogP contribution in [0, 0.1) is 11.7 Å². The summed E-state index contributed by atoms with van der Waals surface area (Å²) >= 11 is 0. The van der Waals surface area contributed by atoms with Crippen LogP contribution in [0.4, 0.5) is 4.39 Å². The van der Waals surface area contributed by atoms with Gasteiger partial charge in [0.25, 0.3) is 0 Å². The Hall–Kier alpha value is -1.71. The van der Waals surface area contributed by atoms with Gasteiger partial charge in [-0.2, -0.15) is 4.31 Å². The van der Waals surface area contributed by atoms with E-state index in [4.69, 9.17) is 9.47 Å². The van der Waals surface area contributed by atoms with E-state index >= 15 is 0 Å². The Morgan fingerprint density at radius 3 is 2.81 bits per heavy atom. The molecular weight excluding hydrogens is 363 g/mol. The van der Waals surface area contributed by atoms with E-state index in [2.05, 4.69) is 5.32 Å². The fraction of sp³-hybridized carbons (Fsp3) is 0.588. The van der Waals surface area contributed by atoms with Gasteiger partial charge >= 0.3 is 0 Å². The van der Waals surface area contributed by atoms with Crippen molar-refractivity contribution in [1.29, 1.82) is 0 Å². The maximum atomic E-state index is 13.6. The standard InChI is InChI=1S/C17H25FN2O5S/c1-12(11-24-2)19-17(21)13-5-4-8-20(10-13)26(22,23)16-9-14(18)6-7-15(16)25-3/h6-7,9,12-13H,4-5,8,10-11H2,1-3H3,(H,19,21)/t12-,13-/m0/s1. The number of nitrogens with one attached hydrogen (secondary N) is 1. The van der Waals surface area contributed by atoms with E-state index in [1.807, 2.05) is 6.92 Å². The highest BCUT2D eigenvalue weighted by Crippen LogP contribution is 2.30. The lowest BCUT2D eigenvalue weighted by Gasteiger charge is -2.32. The van der Waals surface area contributed by atoms with Crippen LogP contribution >= 0.6 is 0 Å². The molecule has 1 saturated heterocycles. The molecule has 0 saturated carbocycles. The molecule has 0 aromatic heterocycles. The molecule has 1 heterocycles. The van der Waals surface area contributed by atoms with Crippen LogP contribution in [-0.2, 0) is 19.6 Å². The molecule has 0 unspecified atom stereocenters. The van der Waals surface area contributed by atoms with E-state index < -0.39 is 21.8 Å². The Kier molecular flexibility index (Phi) is 6.96. The highest BCUT2D eigenvalue weighted by Gasteiger charge is 2.35. The lowest BCUT2D eigenvalue weighted by atomic mass is 9.98. The van der Waals surface area contributed by atoms with Gasteiger partial charge in [0.2, 0.25) is 15.9 Å². The van der Waals surface area contributed by atoms with Gasteiger partial charge in [-0.3, -0.25) is 4.79 Å². The molecule has 2 rings (SSSR count). The van der Waals surface area contributed by atoms with Crippen molar-refractivity contribution >= 4 is 15.9 Å². The minimum atomic E-state index is -3.97. The summed E-state index contributed by atoms with van der Waals surface area (Å²) in [7, 11) is -1.09. The monoisotopic (exact) mass is 388 g/mol. The number of ether oxygens (including phenoxy) is 2. The predicted molar refractivity (Wildman–Crippen MR) is 93.9 cm³/mol. The summed E-state index contributed by atoms with van der Waals surface area (Å²) in [5.41, 5.74) is 0. The number of halogens is 1. The van der Waals surface area contributed by atoms with Crippen molar-refractivity contribution in [2.75, 3.05) is 33.9 Å². The largest absolute Gasteiger partial charge is 0.495 e. The summed E-state index contributed by atoms with van der Waals surface area (Å²) in [5.74, 6) is -1.26. The summed E-state index contributed by atoms with van der Waals surface area (Å²) in [6.45, 7) is 2.52. The zero-order valence-corrected chi connectivity index (χ0v) is 16.0. The van der Waals surface area contributed by atoms with Crippen LogP contribution in [0.2, 0.25) is 0 Å². The van der Waals surface area contributed by atoms with Gasteiger partial charge in [0.15, 0.2) is 0 Å². The van der Waals surface area contributed by atoms with Crippen LogP contribution < -0.4 is 10.1 Å². The number of rotatable bonds is 7. The number of hydrogen-bond donors (Lipinski definition) is 1. The lowest BCUT2D eigenvalue weighted by molar-refractivity contribution is -0.127. The van der Waals surface area contributed by atoms with Crippen LogP contribution in [0.1, 0.15) is 19.8 Å². The Morgan fingerprint density at radius 2 is 2.15 bits per heavy atom. The van der Waals surface area contributed by atoms with Crippen molar-refractivity contribution in [3.8, 4) is 5.75 Å². The van der Waals surface area contributed by atoms with E-state index in [1.165, 1.54) is 17.5 Å². The number of hydrogen-bond acceptors (Lipinski definition) is 5. The topological polar surface area (TPSA) is 84.9 Å². The predicted octanol–water partition coefficient (Wildman–Crippen LogP) is 1.39. The van der Waals surface area contributed by atoms with E-state index in [0.717, 1.165) is 12.1 Å². The summed E-state index contributed by atoms with van der Waals surface area (Å²) in [4.78, 5) is 12.2. The summed E-state index contributed by atoms with van der Waals surface area (Å²) in [6, 6.07) is 3.20. The van der Waals surface area contributed by atoms with E-state index in [0.29, 0.717) is 19.4 Å². The number of methoxy groups -OCH3 is 2. The minimum absolute atomic E-state index is 0.0491. The number of carbonyl (C=O) groups is 1. The molecule has 9 heteroatoms. The van der Waals surface area contributed by atoms with Gasteiger partial charge in [0.05, 0.1) is 19.6 Å². The van der Waals surface area contributed by atoms with Gasteiger partial charge < -0.3 is 14.8 Å². The van der Waals surface area contributed by atoms with E-state index in [-0.39, 0.29) is 35.7 Å². The molecule has 1 N–H and O–H groups in total. The molecule has 0 bridgehead atoms. The van der Waals surface area contributed by atoms with Crippen LogP contribution in [0.3, 0.4) is 0 Å². The van der Waals surface area contributed by atoms with Crippen LogP contribution in [0.5, 0.6) is 5.75 Å². The average Bonchev–Trinajstić information content (AvgIpc) is 2.62. The van der Waals surface area contributed by atoms with Crippen molar-refractivity contribution < 1.29 is 27.1 Å². The normalized spacial score (nSPS) is 19.8. The van der Waals surface area contributed by atoms with Gasteiger partial charge in [0, 0.05) is 26.2 Å². The van der Waals surface area contributed by atoms with Gasteiger partial charge in [-0.15, -0.1) is 0 Å². The van der Waals surface area contributed by atoms with Crippen molar-refractivity contribution in [2.24, 2.45) is 5.92 Å². The zero-order valence-electron chi connectivity index (χ0n) is 15.2. The Bertz CT molecular complexity index is 741. The van der Waals surface area contributed by atoms with Crippen LogP contribution in [0.15, 0.2) is 23.1 Å². The molecule has 1 aromatic rings. The number of piperidine rings is 1. The molecule has 0 radical (unpaired) electrons. The first-order valence-corrected chi connectivity index (χ1v) is 9.86. The molecule has 26 heavy (non-hydrogen) atoms. The SMILES string of the molecule is COC[C@H](C)NC(=O)[C@H]1CCCN(S(=O)(=O)c2cc(F)ccc2OC)C1. The molecule has 7 nitrogen and oxygen atoms in total. The summed E-state index contributed by atoms with van der Waals surface area (Å²) < 4.78 is 50.7. The Morgan fingerprint density at radius 1 is 1.42 bits per heavy atom. The second-order valence-corrected chi connectivity index (χ2v) is 8.27. The molecule has 1 aromatic carbocycles. The first-order chi connectivity index (χ1) is 12.3. The van der Waals surface area contributed by atoms with Crippen molar-refractivity contribution in [3.05, 3.63) is 24.0 Å².